The van der Waals surface area contributed by atoms with E-state index in [0.29, 0.717) is 6.42 Å². The maximum absolute atomic E-state index is 13.5. The minimum atomic E-state index is -0.777. The number of nitrogens with zero attached hydrogens (tertiary/aromatic N) is 2. The molecule has 9 heteroatoms. The number of nitrogens with one attached hydrogen (secondary N) is 1. The minimum Gasteiger partial charge on any atom is -0.490 e. The molecule has 0 aliphatic rings. The molecule has 0 heterocycles. The van der Waals surface area contributed by atoms with E-state index in [2.05, 4.69) is 5.32 Å². The Morgan fingerprint density at radius 2 is 1.75 bits per heavy atom. The molecule has 0 fully saturated rings. The summed E-state index contributed by atoms with van der Waals surface area (Å²) in [6, 6.07) is 20.4. The van der Waals surface area contributed by atoms with Gasteiger partial charge in [0.25, 0.3) is 5.91 Å². The molecule has 9 nitrogen and oxygen atoms in total. The van der Waals surface area contributed by atoms with Gasteiger partial charge < -0.3 is 19.7 Å². The first-order chi connectivity index (χ1) is 17.3. The number of carbonyl (C=O) groups excluding carboxylic acids is 2. The van der Waals surface area contributed by atoms with Gasteiger partial charge in [0.15, 0.2) is 6.61 Å². The lowest BCUT2D eigenvalue weighted by atomic mass is 10.0. The Balaban J connectivity index is 1.88. The fourth-order valence-corrected chi connectivity index (χ4v) is 3.85. The van der Waals surface area contributed by atoms with E-state index in [1.807, 2.05) is 61.5 Å². The van der Waals surface area contributed by atoms with Crippen LogP contribution in [-0.4, -0.2) is 48.4 Å². The highest BCUT2D eigenvalue weighted by molar-refractivity contribution is 5.88. The highest BCUT2D eigenvalue weighted by Crippen LogP contribution is 2.30. The van der Waals surface area contributed by atoms with E-state index in [0.717, 1.165) is 16.7 Å². The highest BCUT2D eigenvalue weighted by atomic mass is 16.6. The molecule has 0 aromatic heterocycles. The number of nitro groups is 1. The molecule has 188 valence electrons. The predicted molar refractivity (Wildman–Crippen MR) is 135 cm³/mol. The van der Waals surface area contributed by atoms with E-state index < -0.39 is 16.9 Å². The molecule has 0 aliphatic heterocycles. The molecule has 36 heavy (non-hydrogen) atoms. The van der Waals surface area contributed by atoms with Gasteiger partial charge in [-0.3, -0.25) is 19.7 Å². The molecule has 2 amide bonds. The second-order valence-electron chi connectivity index (χ2n) is 8.21. The third-order valence-electron chi connectivity index (χ3n) is 5.66. The first-order valence-electron chi connectivity index (χ1n) is 11.4. The molecule has 0 spiro atoms. The lowest BCUT2D eigenvalue weighted by Gasteiger charge is -2.31. The quantitative estimate of drug-likeness (QED) is 0.324. The number of hydrogen-bond donors (Lipinski definition) is 1. The first-order valence-corrected chi connectivity index (χ1v) is 11.4. The van der Waals surface area contributed by atoms with Crippen molar-refractivity contribution in [1.29, 1.82) is 0 Å². The topological polar surface area (TPSA) is 111 Å². The summed E-state index contributed by atoms with van der Waals surface area (Å²) in [6.07, 6.45) is 0.323. The van der Waals surface area contributed by atoms with Crippen LogP contribution in [0.3, 0.4) is 0 Å². The molecule has 0 aliphatic carbocycles. The second kappa shape index (κ2) is 12.3. The summed E-state index contributed by atoms with van der Waals surface area (Å²) in [7, 11) is 2.85. The van der Waals surface area contributed by atoms with Gasteiger partial charge in [-0.15, -0.1) is 0 Å². The molecule has 0 saturated heterocycles. The average molecular weight is 492 g/mol. The van der Waals surface area contributed by atoms with Crippen LogP contribution in [0.1, 0.15) is 16.7 Å². The van der Waals surface area contributed by atoms with E-state index in [1.165, 1.54) is 37.3 Å². The van der Waals surface area contributed by atoms with Crippen LogP contribution >= 0.6 is 0 Å². The number of hydrogen-bond acceptors (Lipinski definition) is 6. The summed E-state index contributed by atoms with van der Waals surface area (Å²) in [4.78, 5) is 38.5. The molecule has 0 unspecified atom stereocenters. The monoisotopic (exact) mass is 491 g/mol. The van der Waals surface area contributed by atoms with Gasteiger partial charge in [0.05, 0.1) is 12.0 Å². The van der Waals surface area contributed by atoms with Crippen molar-refractivity contribution in [3.05, 3.63) is 99.6 Å². The number of nitro benzene ring substituents is 1. The lowest BCUT2D eigenvalue weighted by Crippen LogP contribution is -2.51. The van der Waals surface area contributed by atoms with Crippen LogP contribution in [0.15, 0.2) is 72.8 Å². The maximum atomic E-state index is 13.5. The fourth-order valence-electron chi connectivity index (χ4n) is 3.85. The third-order valence-corrected chi connectivity index (χ3v) is 5.66. The summed E-state index contributed by atoms with van der Waals surface area (Å²) in [5.41, 5.74) is 2.62. The molecule has 3 aromatic rings. The minimum absolute atomic E-state index is 0.0221. The molecule has 1 atom stereocenters. The molecule has 1 N–H and O–H groups in total. The Morgan fingerprint density at radius 3 is 2.39 bits per heavy atom. The van der Waals surface area contributed by atoms with Crippen molar-refractivity contribution in [2.75, 3.05) is 20.8 Å². The van der Waals surface area contributed by atoms with Crippen LogP contribution in [0, 0.1) is 17.0 Å². The Labute approximate surface area is 209 Å². The number of likely N-dealkylation sites (N-methyl/N-ethyl adjacent to an activating group) is 1. The third kappa shape index (κ3) is 6.82. The number of carbonyl (C=O) groups is 2. The first kappa shape index (κ1) is 26.2. The van der Waals surface area contributed by atoms with Crippen molar-refractivity contribution in [3.63, 3.8) is 0 Å². The SMILES string of the molecule is CNC(=O)[C@H](Cc1ccccc1)N(Cc1cccc(C)c1)C(=O)COc1ccc([N+](=O)[O-])c(OC)c1. The van der Waals surface area contributed by atoms with Crippen LogP contribution in [0.25, 0.3) is 0 Å². The van der Waals surface area contributed by atoms with Crippen molar-refractivity contribution in [3.8, 4) is 11.5 Å². The standard InChI is InChI=1S/C27H29N3O6/c1-19-8-7-11-21(14-19)17-29(24(27(32)28-2)15-20-9-5-4-6-10-20)26(31)18-36-22-12-13-23(30(33)34)25(16-22)35-3/h4-14,16,24H,15,17-18H2,1-3H3,(H,28,32)/t24-/m0/s1. The van der Waals surface area contributed by atoms with Crippen LogP contribution in [0.5, 0.6) is 11.5 Å². The van der Waals surface area contributed by atoms with E-state index in [-0.39, 0.29) is 36.2 Å². The Hall–Kier alpha value is -4.40. The average Bonchev–Trinajstić information content (AvgIpc) is 2.89. The van der Waals surface area contributed by atoms with Crippen molar-refractivity contribution in [1.82, 2.24) is 10.2 Å². The highest BCUT2D eigenvalue weighted by Gasteiger charge is 2.30. The van der Waals surface area contributed by atoms with Crippen molar-refractivity contribution < 1.29 is 24.0 Å². The Bertz CT molecular complexity index is 1220. The van der Waals surface area contributed by atoms with Gasteiger partial charge in [-0.05, 0) is 24.1 Å². The summed E-state index contributed by atoms with van der Waals surface area (Å²) in [5, 5.41) is 13.8. The number of amides is 2. The number of rotatable bonds is 11. The molecule has 3 aromatic carbocycles. The zero-order valence-electron chi connectivity index (χ0n) is 20.5. The summed E-state index contributed by atoms with van der Waals surface area (Å²) in [5.74, 6) is -0.440. The van der Waals surface area contributed by atoms with E-state index in [9.17, 15) is 19.7 Å². The van der Waals surface area contributed by atoms with Gasteiger partial charge in [0.1, 0.15) is 11.8 Å². The maximum Gasteiger partial charge on any atom is 0.311 e. The zero-order valence-corrected chi connectivity index (χ0v) is 20.5. The van der Waals surface area contributed by atoms with Crippen LogP contribution in [-0.2, 0) is 22.6 Å². The normalized spacial score (nSPS) is 11.3. The van der Waals surface area contributed by atoms with Gasteiger partial charge in [-0.25, -0.2) is 0 Å². The second-order valence-corrected chi connectivity index (χ2v) is 8.21. The van der Waals surface area contributed by atoms with Crippen LogP contribution in [0.2, 0.25) is 0 Å². The van der Waals surface area contributed by atoms with Gasteiger partial charge >= 0.3 is 5.69 Å². The van der Waals surface area contributed by atoms with Crippen molar-refractivity contribution >= 4 is 17.5 Å². The Morgan fingerprint density at radius 1 is 1.03 bits per heavy atom. The van der Waals surface area contributed by atoms with Gasteiger partial charge in [0.2, 0.25) is 11.7 Å². The van der Waals surface area contributed by atoms with Gasteiger partial charge in [-0.1, -0.05) is 60.2 Å². The van der Waals surface area contributed by atoms with Crippen LogP contribution in [0.4, 0.5) is 5.69 Å². The number of aryl methyl sites for hydroxylation is 1. The summed E-state index contributed by atoms with van der Waals surface area (Å²) >= 11 is 0. The zero-order chi connectivity index (χ0) is 26.1. The molecule has 3 rings (SSSR count). The molecule has 0 radical (unpaired) electrons. The number of benzene rings is 3. The summed E-state index contributed by atoms with van der Waals surface area (Å²) in [6.45, 7) is 1.80. The largest absolute Gasteiger partial charge is 0.490 e. The molecular formula is C27H29N3O6. The van der Waals surface area contributed by atoms with Crippen molar-refractivity contribution in [2.45, 2.75) is 25.9 Å². The van der Waals surface area contributed by atoms with Crippen LogP contribution < -0.4 is 14.8 Å². The van der Waals surface area contributed by atoms with E-state index >= 15 is 0 Å². The predicted octanol–water partition coefficient (Wildman–Crippen LogP) is 3.68. The number of methoxy groups -OCH3 is 1. The van der Waals surface area contributed by atoms with Gasteiger partial charge in [0, 0.05) is 32.1 Å². The molecule has 0 bridgehead atoms. The molecule has 0 saturated carbocycles. The van der Waals surface area contributed by atoms with Crippen molar-refractivity contribution in [2.24, 2.45) is 0 Å². The van der Waals surface area contributed by atoms with Gasteiger partial charge in [-0.2, -0.15) is 0 Å². The summed E-state index contributed by atoms with van der Waals surface area (Å²) < 4.78 is 10.7. The van der Waals surface area contributed by atoms with E-state index in [4.69, 9.17) is 9.47 Å². The van der Waals surface area contributed by atoms with E-state index in [1.54, 1.807) is 0 Å². The smallest absolute Gasteiger partial charge is 0.311 e. The Kier molecular flexibility index (Phi) is 8.99. The lowest BCUT2D eigenvalue weighted by molar-refractivity contribution is -0.385. The fraction of sp³-hybridized carbons (Fsp3) is 0.259. The molecular weight excluding hydrogens is 462 g/mol. The number of ether oxygens (including phenoxy) is 2.